The Morgan fingerprint density at radius 3 is 2.94 bits per heavy atom. The van der Waals surface area contributed by atoms with Crippen molar-refractivity contribution in [2.75, 3.05) is 13.1 Å². The number of nitrogens with two attached hydrogens (primary N) is 1. The van der Waals surface area contributed by atoms with Crippen LogP contribution >= 0.6 is 0 Å². The Morgan fingerprint density at radius 1 is 1.47 bits per heavy atom. The molecule has 0 atom stereocenters. The van der Waals surface area contributed by atoms with Crippen LogP contribution in [0.25, 0.3) is 5.65 Å². The highest BCUT2D eigenvalue weighted by Crippen LogP contribution is 2.14. The molecule has 0 fully saturated rings. The summed E-state index contributed by atoms with van der Waals surface area (Å²) in [6.07, 6.45) is 0. The van der Waals surface area contributed by atoms with Crippen molar-refractivity contribution < 1.29 is 4.79 Å². The Labute approximate surface area is 99.6 Å². The third kappa shape index (κ3) is 2.01. The fourth-order valence-electron chi connectivity index (χ4n) is 1.90. The fourth-order valence-corrected chi connectivity index (χ4v) is 1.90. The van der Waals surface area contributed by atoms with Gasteiger partial charge in [-0.05, 0) is 26.0 Å². The van der Waals surface area contributed by atoms with Crippen molar-refractivity contribution in [3.63, 3.8) is 0 Å². The van der Waals surface area contributed by atoms with Crippen molar-refractivity contribution in [1.82, 2.24) is 14.7 Å². The Bertz CT molecular complexity index is 559. The van der Waals surface area contributed by atoms with Crippen LogP contribution in [0, 0.1) is 13.8 Å². The highest BCUT2D eigenvalue weighted by molar-refractivity contribution is 5.94. The summed E-state index contributed by atoms with van der Waals surface area (Å²) in [6, 6.07) is 5.77. The molecule has 0 aliphatic heterocycles. The molecule has 90 valence electrons. The van der Waals surface area contributed by atoms with Gasteiger partial charge in [0.15, 0.2) is 0 Å². The second-order valence-corrected chi connectivity index (χ2v) is 3.95. The Kier molecular flexibility index (Phi) is 3.10. The van der Waals surface area contributed by atoms with Crippen molar-refractivity contribution in [1.29, 1.82) is 0 Å². The Balaban J connectivity index is 2.52. The van der Waals surface area contributed by atoms with Gasteiger partial charge in [-0.2, -0.15) is 0 Å². The minimum Gasteiger partial charge on any atom is -0.349 e. The Morgan fingerprint density at radius 2 is 2.24 bits per heavy atom. The first-order valence-corrected chi connectivity index (χ1v) is 5.58. The lowest BCUT2D eigenvalue weighted by Gasteiger charge is -2.06. The number of imidazole rings is 1. The number of hydrogen-bond acceptors (Lipinski definition) is 3. The van der Waals surface area contributed by atoms with E-state index in [1.807, 2.05) is 36.4 Å². The van der Waals surface area contributed by atoms with Crippen LogP contribution in [0.2, 0.25) is 0 Å². The molecule has 2 aromatic rings. The number of carbonyl (C=O) groups excluding carboxylic acids is 1. The zero-order valence-electron chi connectivity index (χ0n) is 10.0. The van der Waals surface area contributed by atoms with Crippen molar-refractivity contribution in [2.45, 2.75) is 13.8 Å². The SMILES string of the molecule is Cc1nc2cccc(C)n2c1C(=O)NCCN. The summed E-state index contributed by atoms with van der Waals surface area (Å²) < 4.78 is 1.86. The van der Waals surface area contributed by atoms with Gasteiger partial charge in [0.2, 0.25) is 0 Å². The topological polar surface area (TPSA) is 72.4 Å². The van der Waals surface area contributed by atoms with Crippen LogP contribution in [-0.2, 0) is 0 Å². The van der Waals surface area contributed by atoms with Gasteiger partial charge in [-0.25, -0.2) is 4.98 Å². The van der Waals surface area contributed by atoms with Crippen LogP contribution in [0.5, 0.6) is 0 Å². The summed E-state index contributed by atoms with van der Waals surface area (Å²) in [4.78, 5) is 16.4. The maximum atomic E-state index is 12.0. The van der Waals surface area contributed by atoms with E-state index in [4.69, 9.17) is 5.73 Å². The van der Waals surface area contributed by atoms with E-state index in [9.17, 15) is 4.79 Å². The lowest BCUT2D eigenvalue weighted by molar-refractivity contribution is 0.0948. The molecule has 17 heavy (non-hydrogen) atoms. The number of rotatable bonds is 3. The normalized spacial score (nSPS) is 10.8. The first-order valence-electron chi connectivity index (χ1n) is 5.58. The number of amides is 1. The zero-order chi connectivity index (χ0) is 12.4. The molecule has 5 nitrogen and oxygen atoms in total. The maximum absolute atomic E-state index is 12.0. The van der Waals surface area contributed by atoms with E-state index in [2.05, 4.69) is 10.3 Å². The molecule has 0 aromatic carbocycles. The van der Waals surface area contributed by atoms with Gasteiger partial charge in [0.05, 0.1) is 5.69 Å². The van der Waals surface area contributed by atoms with Gasteiger partial charge in [-0.15, -0.1) is 0 Å². The number of aromatic nitrogens is 2. The summed E-state index contributed by atoms with van der Waals surface area (Å²) in [6.45, 7) is 4.69. The summed E-state index contributed by atoms with van der Waals surface area (Å²) in [7, 11) is 0. The van der Waals surface area contributed by atoms with Gasteiger partial charge in [-0.3, -0.25) is 9.20 Å². The van der Waals surface area contributed by atoms with E-state index in [1.165, 1.54) is 0 Å². The first-order chi connectivity index (χ1) is 8.15. The summed E-state index contributed by atoms with van der Waals surface area (Å²) in [5, 5.41) is 2.77. The summed E-state index contributed by atoms with van der Waals surface area (Å²) >= 11 is 0. The highest BCUT2D eigenvalue weighted by Gasteiger charge is 2.16. The number of carbonyl (C=O) groups is 1. The number of aryl methyl sites for hydroxylation is 2. The summed E-state index contributed by atoms with van der Waals surface area (Å²) in [5.41, 5.74) is 8.47. The molecule has 0 bridgehead atoms. The van der Waals surface area contributed by atoms with Crippen molar-refractivity contribution in [2.24, 2.45) is 5.73 Å². The molecule has 3 N–H and O–H groups in total. The number of fused-ring (bicyclic) bond motifs is 1. The minimum absolute atomic E-state index is 0.130. The minimum atomic E-state index is -0.130. The number of nitrogens with one attached hydrogen (secondary N) is 1. The molecule has 0 aliphatic rings. The van der Waals surface area contributed by atoms with Crippen molar-refractivity contribution in [3.05, 3.63) is 35.3 Å². The second-order valence-electron chi connectivity index (χ2n) is 3.95. The number of pyridine rings is 1. The van der Waals surface area contributed by atoms with E-state index in [1.54, 1.807) is 0 Å². The van der Waals surface area contributed by atoms with Gasteiger partial charge in [0, 0.05) is 18.8 Å². The Hall–Kier alpha value is -1.88. The third-order valence-corrected chi connectivity index (χ3v) is 2.66. The van der Waals surface area contributed by atoms with Crippen LogP contribution in [0.15, 0.2) is 18.2 Å². The predicted octanol–water partition coefficient (Wildman–Crippen LogP) is 0.640. The van der Waals surface area contributed by atoms with Gasteiger partial charge < -0.3 is 11.1 Å². The van der Waals surface area contributed by atoms with Gasteiger partial charge >= 0.3 is 0 Å². The van der Waals surface area contributed by atoms with E-state index in [0.29, 0.717) is 18.8 Å². The zero-order valence-corrected chi connectivity index (χ0v) is 10.0. The van der Waals surface area contributed by atoms with Crippen molar-refractivity contribution in [3.8, 4) is 0 Å². The molecular formula is C12H16N4O. The number of nitrogens with zero attached hydrogens (tertiary/aromatic N) is 2. The summed E-state index contributed by atoms with van der Waals surface area (Å²) in [5.74, 6) is -0.130. The fraction of sp³-hybridized carbons (Fsp3) is 0.333. The number of hydrogen-bond donors (Lipinski definition) is 2. The van der Waals surface area contributed by atoms with Crippen LogP contribution in [0.3, 0.4) is 0 Å². The molecule has 0 aliphatic carbocycles. The molecule has 1 amide bonds. The quantitative estimate of drug-likeness (QED) is 0.815. The lowest BCUT2D eigenvalue weighted by Crippen LogP contribution is -2.30. The average Bonchev–Trinajstić information content (AvgIpc) is 2.64. The predicted molar refractivity (Wildman–Crippen MR) is 66.1 cm³/mol. The third-order valence-electron chi connectivity index (χ3n) is 2.66. The van der Waals surface area contributed by atoms with E-state index in [0.717, 1.165) is 17.0 Å². The van der Waals surface area contributed by atoms with E-state index >= 15 is 0 Å². The van der Waals surface area contributed by atoms with E-state index < -0.39 is 0 Å². The molecule has 2 aromatic heterocycles. The highest BCUT2D eigenvalue weighted by atomic mass is 16.1. The monoisotopic (exact) mass is 232 g/mol. The van der Waals surface area contributed by atoms with Crippen molar-refractivity contribution >= 4 is 11.6 Å². The van der Waals surface area contributed by atoms with Crippen LogP contribution in [0.1, 0.15) is 21.9 Å². The average molecular weight is 232 g/mol. The van der Waals surface area contributed by atoms with E-state index in [-0.39, 0.29) is 5.91 Å². The molecule has 0 saturated carbocycles. The molecule has 2 rings (SSSR count). The van der Waals surface area contributed by atoms with Gasteiger partial charge in [0.1, 0.15) is 11.3 Å². The molecular weight excluding hydrogens is 216 g/mol. The molecule has 0 saturated heterocycles. The lowest BCUT2D eigenvalue weighted by atomic mass is 10.3. The molecule has 2 heterocycles. The standard InChI is InChI=1S/C12H16N4O/c1-8-4-3-5-10-15-9(2)11(16(8)10)12(17)14-7-6-13/h3-5H,6-7,13H2,1-2H3,(H,14,17). The molecule has 0 unspecified atom stereocenters. The van der Waals surface area contributed by atoms with Gasteiger partial charge in [-0.1, -0.05) is 6.07 Å². The smallest absolute Gasteiger partial charge is 0.270 e. The molecule has 0 radical (unpaired) electrons. The van der Waals surface area contributed by atoms with Gasteiger partial charge in [0.25, 0.3) is 5.91 Å². The molecule has 5 heteroatoms. The first kappa shape index (κ1) is 11.6. The van der Waals surface area contributed by atoms with Crippen LogP contribution < -0.4 is 11.1 Å². The maximum Gasteiger partial charge on any atom is 0.270 e. The van der Waals surface area contributed by atoms with Crippen LogP contribution in [-0.4, -0.2) is 28.4 Å². The second kappa shape index (κ2) is 4.55. The molecule has 0 spiro atoms. The largest absolute Gasteiger partial charge is 0.349 e. The van der Waals surface area contributed by atoms with Crippen LogP contribution in [0.4, 0.5) is 0 Å².